The Balaban J connectivity index is 2.49. The van der Waals surface area contributed by atoms with Gasteiger partial charge >= 0.3 is 0 Å². The van der Waals surface area contributed by atoms with Gasteiger partial charge in [-0.25, -0.2) is 8.42 Å². The maximum Gasteiger partial charge on any atom is 0.267 e. The number of halogens is 1. The molecule has 2 aromatic rings. The van der Waals surface area contributed by atoms with Crippen molar-refractivity contribution in [2.45, 2.75) is 18.7 Å². The van der Waals surface area contributed by atoms with E-state index in [-0.39, 0.29) is 10.7 Å². The van der Waals surface area contributed by atoms with E-state index in [1.54, 1.807) is 20.0 Å². The minimum Gasteiger partial charge on any atom is -0.381 e. The number of nitrogens with two attached hydrogens (primary N) is 1. The molecule has 0 spiro atoms. The predicted molar refractivity (Wildman–Crippen MR) is 82.0 cm³/mol. The largest absolute Gasteiger partial charge is 0.381 e. The van der Waals surface area contributed by atoms with Crippen molar-refractivity contribution in [3.05, 3.63) is 33.9 Å². The summed E-state index contributed by atoms with van der Waals surface area (Å²) in [5.41, 5.74) is 7.50. The van der Waals surface area contributed by atoms with Crippen molar-refractivity contribution in [2.75, 3.05) is 10.5 Å². The summed E-state index contributed by atoms with van der Waals surface area (Å²) in [5, 5.41) is 3.92. The average Bonchev–Trinajstić information content (AvgIpc) is 2.58. The Labute approximate surface area is 126 Å². The summed E-state index contributed by atoms with van der Waals surface area (Å²) < 4.78 is 29.7. The zero-order valence-corrected chi connectivity index (χ0v) is 13.7. The molecule has 0 fully saturated rings. The number of rotatable bonds is 3. The highest BCUT2D eigenvalue weighted by Gasteiger charge is 2.25. The van der Waals surface area contributed by atoms with Gasteiger partial charge in [0, 0.05) is 11.5 Å². The lowest BCUT2D eigenvalue weighted by Crippen LogP contribution is -2.16. The molecule has 0 aliphatic heterocycles. The first-order valence-electron chi connectivity index (χ1n) is 5.80. The Bertz CT molecular complexity index is 768. The summed E-state index contributed by atoms with van der Waals surface area (Å²) in [6.07, 6.45) is 0. The van der Waals surface area contributed by atoms with Crippen molar-refractivity contribution in [2.24, 2.45) is 7.05 Å². The van der Waals surface area contributed by atoms with Crippen molar-refractivity contribution < 1.29 is 8.42 Å². The topological polar surface area (TPSA) is 90.0 Å². The average molecular weight is 359 g/mol. The Morgan fingerprint density at radius 3 is 2.55 bits per heavy atom. The Morgan fingerprint density at radius 2 is 2.00 bits per heavy atom. The lowest BCUT2D eigenvalue weighted by molar-refractivity contribution is 0.600. The van der Waals surface area contributed by atoms with Crippen LogP contribution in [0.5, 0.6) is 0 Å². The first-order chi connectivity index (χ1) is 9.22. The van der Waals surface area contributed by atoms with Crippen LogP contribution in [-0.4, -0.2) is 18.2 Å². The van der Waals surface area contributed by atoms with E-state index in [2.05, 4.69) is 25.8 Å². The molecule has 0 atom stereocenters. The highest BCUT2D eigenvalue weighted by atomic mass is 79.9. The molecule has 0 bridgehead atoms. The van der Waals surface area contributed by atoms with Gasteiger partial charge < -0.3 is 5.73 Å². The summed E-state index contributed by atoms with van der Waals surface area (Å²) in [7, 11) is -2.12. The fraction of sp³-hybridized carbons (Fsp3) is 0.250. The molecule has 0 radical (unpaired) electrons. The number of aromatic nitrogens is 2. The molecule has 0 saturated heterocycles. The molecule has 0 aliphatic rings. The number of anilines is 2. The van der Waals surface area contributed by atoms with E-state index in [0.29, 0.717) is 11.4 Å². The molecule has 0 saturated carbocycles. The molecule has 1 heterocycles. The maximum atomic E-state index is 12.5. The van der Waals surface area contributed by atoms with Gasteiger partial charge in [0.2, 0.25) is 0 Å². The van der Waals surface area contributed by atoms with Gasteiger partial charge in [-0.15, -0.1) is 0 Å². The SMILES string of the molecule is Cc1ccc(Br)cc1NS(=O)(=O)c1c(N)nn(C)c1C. The molecule has 6 nitrogen and oxygen atoms in total. The molecule has 108 valence electrons. The van der Waals surface area contributed by atoms with Crippen LogP contribution in [0, 0.1) is 13.8 Å². The number of aryl methyl sites for hydroxylation is 2. The van der Waals surface area contributed by atoms with E-state index in [0.717, 1.165) is 10.0 Å². The number of sulfonamides is 1. The third kappa shape index (κ3) is 2.66. The van der Waals surface area contributed by atoms with Crippen LogP contribution in [0.4, 0.5) is 11.5 Å². The van der Waals surface area contributed by atoms with E-state index in [1.165, 1.54) is 4.68 Å². The lowest BCUT2D eigenvalue weighted by atomic mass is 10.2. The van der Waals surface area contributed by atoms with Crippen LogP contribution in [0.15, 0.2) is 27.6 Å². The van der Waals surface area contributed by atoms with E-state index >= 15 is 0 Å². The van der Waals surface area contributed by atoms with Crippen molar-refractivity contribution in [1.29, 1.82) is 0 Å². The monoisotopic (exact) mass is 358 g/mol. The predicted octanol–water partition coefficient (Wildman–Crippen LogP) is 2.18. The van der Waals surface area contributed by atoms with E-state index in [9.17, 15) is 8.42 Å². The van der Waals surface area contributed by atoms with Gasteiger partial charge in [0.25, 0.3) is 10.0 Å². The third-order valence-electron chi connectivity index (χ3n) is 3.02. The second kappa shape index (κ2) is 5.10. The number of benzene rings is 1. The van der Waals surface area contributed by atoms with Crippen molar-refractivity contribution in [3.8, 4) is 0 Å². The molecule has 1 aromatic heterocycles. The van der Waals surface area contributed by atoms with Crippen LogP contribution in [-0.2, 0) is 17.1 Å². The molecule has 0 amide bonds. The van der Waals surface area contributed by atoms with Crippen molar-refractivity contribution in [1.82, 2.24) is 9.78 Å². The van der Waals surface area contributed by atoms with Crippen LogP contribution in [0.3, 0.4) is 0 Å². The minimum atomic E-state index is -3.77. The minimum absolute atomic E-state index is 0.00912. The molecule has 20 heavy (non-hydrogen) atoms. The van der Waals surface area contributed by atoms with Gasteiger partial charge in [-0.3, -0.25) is 9.40 Å². The first-order valence-corrected chi connectivity index (χ1v) is 8.08. The molecule has 0 aliphatic carbocycles. The Morgan fingerprint density at radius 1 is 1.35 bits per heavy atom. The van der Waals surface area contributed by atoms with E-state index in [1.807, 2.05) is 19.1 Å². The van der Waals surface area contributed by atoms with Gasteiger partial charge in [-0.2, -0.15) is 5.10 Å². The van der Waals surface area contributed by atoms with E-state index < -0.39 is 10.0 Å². The highest BCUT2D eigenvalue weighted by Crippen LogP contribution is 2.27. The zero-order valence-electron chi connectivity index (χ0n) is 11.3. The number of nitrogens with zero attached hydrogens (tertiary/aromatic N) is 2. The molecule has 2 rings (SSSR count). The van der Waals surface area contributed by atoms with Crippen molar-refractivity contribution in [3.63, 3.8) is 0 Å². The van der Waals surface area contributed by atoms with E-state index in [4.69, 9.17) is 5.73 Å². The molecular weight excluding hydrogens is 344 g/mol. The molecule has 3 N–H and O–H groups in total. The Hall–Kier alpha value is -1.54. The quantitative estimate of drug-likeness (QED) is 0.879. The van der Waals surface area contributed by atoms with Gasteiger partial charge in [0.05, 0.1) is 11.4 Å². The second-order valence-electron chi connectivity index (χ2n) is 4.49. The summed E-state index contributed by atoms with van der Waals surface area (Å²) in [5.74, 6) is -0.00912. The van der Waals surface area contributed by atoms with Crippen LogP contribution < -0.4 is 10.5 Å². The van der Waals surface area contributed by atoms with Gasteiger partial charge in [-0.1, -0.05) is 22.0 Å². The molecule has 1 aromatic carbocycles. The van der Waals surface area contributed by atoms with Crippen LogP contribution >= 0.6 is 15.9 Å². The smallest absolute Gasteiger partial charge is 0.267 e. The molecular formula is C12H15BrN4O2S. The number of hydrogen-bond donors (Lipinski definition) is 2. The molecule has 8 heteroatoms. The van der Waals surface area contributed by atoms with Gasteiger partial charge in [-0.05, 0) is 31.5 Å². The van der Waals surface area contributed by atoms with Crippen LogP contribution in [0.25, 0.3) is 0 Å². The van der Waals surface area contributed by atoms with Crippen LogP contribution in [0.2, 0.25) is 0 Å². The number of nitrogen functional groups attached to an aromatic ring is 1. The Kier molecular flexibility index (Phi) is 3.79. The maximum absolute atomic E-state index is 12.5. The van der Waals surface area contributed by atoms with Crippen molar-refractivity contribution >= 4 is 37.5 Å². The normalized spacial score (nSPS) is 11.6. The standard InChI is InChI=1S/C12H15BrN4O2S/c1-7-4-5-9(13)6-10(7)16-20(18,19)11-8(2)17(3)15-12(11)14/h4-6,16H,1-3H3,(H2,14,15). The van der Waals surface area contributed by atoms with Gasteiger partial charge in [0.1, 0.15) is 0 Å². The number of nitrogens with one attached hydrogen (secondary N) is 1. The first kappa shape index (κ1) is 14.9. The highest BCUT2D eigenvalue weighted by molar-refractivity contribution is 9.10. The fourth-order valence-electron chi connectivity index (χ4n) is 1.85. The second-order valence-corrected chi connectivity index (χ2v) is 7.02. The summed E-state index contributed by atoms with van der Waals surface area (Å²) in [4.78, 5) is 0.0133. The summed E-state index contributed by atoms with van der Waals surface area (Å²) >= 11 is 3.32. The summed E-state index contributed by atoms with van der Waals surface area (Å²) in [6, 6.07) is 5.37. The molecule has 0 unspecified atom stereocenters. The number of hydrogen-bond acceptors (Lipinski definition) is 4. The van der Waals surface area contributed by atoms with Gasteiger partial charge in [0.15, 0.2) is 10.7 Å². The van der Waals surface area contributed by atoms with Crippen LogP contribution in [0.1, 0.15) is 11.3 Å². The zero-order chi connectivity index (χ0) is 15.1. The summed E-state index contributed by atoms with van der Waals surface area (Å²) in [6.45, 7) is 3.48. The lowest BCUT2D eigenvalue weighted by Gasteiger charge is -2.11. The fourth-order valence-corrected chi connectivity index (χ4v) is 3.66. The third-order valence-corrected chi connectivity index (χ3v) is 5.04.